The summed E-state index contributed by atoms with van der Waals surface area (Å²) < 4.78 is 14.6. The Balaban J connectivity index is 4.43. The molecule has 19 heavy (non-hydrogen) atoms. The van der Waals surface area contributed by atoms with Crippen molar-refractivity contribution in [3.63, 3.8) is 0 Å². The van der Waals surface area contributed by atoms with Gasteiger partial charge in [0.25, 0.3) is 0 Å². The Labute approximate surface area is 120 Å². The molecule has 0 aromatic heterocycles. The van der Waals surface area contributed by atoms with Crippen LogP contribution in [0.2, 0.25) is 0 Å². The van der Waals surface area contributed by atoms with Crippen LogP contribution in [-0.4, -0.2) is 42.6 Å². The quantitative estimate of drug-likeness (QED) is 0.361. The van der Waals surface area contributed by atoms with E-state index in [4.69, 9.17) is 14.2 Å². The molecular weight excluding hydrogens is 320 g/mol. The number of ether oxygens (including phenoxy) is 3. The zero-order valence-electron chi connectivity index (χ0n) is 11.1. The van der Waals surface area contributed by atoms with Crippen molar-refractivity contribution in [3.8, 4) is 0 Å². The van der Waals surface area contributed by atoms with E-state index in [1.165, 1.54) is 0 Å². The zero-order chi connectivity index (χ0) is 14.7. The van der Waals surface area contributed by atoms with Crippen LogP contribution in [0.4, 0.5) is 0 Å². The van der Waals surface area contributed by atoms with Crippen molar-refractivity contribution in [2.24, 2.45) is 0 Å². The van der Waals surface area contributed by atoms with Gasteiger partial charge in [-0.15, -0.1) is 0 Å². The van der Waals surface area contributed by atoms with E-state index >= 15 is 0 Å². The third-order valence-corrected chi connectivity index (χ3v) is 2.37. The van der Waals surface area contributed by atoms with E-state index < -0.39 is 24.0 Å². The van der Waals surface area contributed by atoms with E-state index in [-0.39, 0.29) is 25.0 Å². The molecule has 0 N–H and O–H groups in total. The molecule has 0 aromatic carbocycles. The first-order valence-corrected chi connectivity index (χ1v) is 7.24. The maximum absolute atomic E-state index is 11.6. The maximum Gasteiger partial charge on any atom is 0.348 e. The molecule has 0 rings (SSSR count). The summed E-state index contributed by atoms with van der Waals surface area (Å²) in [5, 5.41) is -0.0609. The first-order chi connectivity index (χ1) is 9.04. The SMILES string of the molecule is CCCOC(=O)C[C@@H](OC(=O)CBr)C(=O)OCCC. The molecule has 0 saturated carbocycles. The Morgan fingerprint density at radius 3 is 2.11 bits per heavy atom. The molecule has 0 saturated heterocycles. The van der Waals surface area contributed by atoms with Crippen molar-refractivity contribution in [3.05, 3.63) is 0 Å². The first kappa shape index (κ1) is 17.9. The largest absolute Gasteiger partial charge is 0.466 e. The predicted octanol–water partition coefficient (Wildman–Crippen LogP) is 1.59. The van der Waals surface area contributed by atoms with Gasteiger partial charge in [0.1, 0.15) is 5.33 Å². The fourth-order valence-electron chi connectivity index (χ4n) is 1.09. The highest BCUT2D eigenvalue weighted by atomic mass is 79.9. The molecule has 6 nitrogen and oxygen atoms in total. The van der Waals surface area contributed by atoms with E-state index in [2.05, 4.69) is 15.9 Å². The lowest BCUT2D eigenvalue weighted by Gasteiger charge is -2.15. The molecule has 0 unspecified atom stereocenters. The highest BCUT2D eigenvalue weighted by Gasteiger charge is 2.27. The second-order valence-electron chi connectivity index (χ2n) is 3.70. The molecule has 0 aliphatic rings. The van der Waals surface area contributed by atoms with Gasteiger partial charge in [-0.1, -0.05) is 29.8 Å². The van der Waals surface area contributed by atoms with Gasteiger partial charge in [0.15, 0.2) is 0 Å². The van der Waals surface area contributed by atoms with Gasteiger partial charge >= 0.3 is 17.9 Å². The number of rotatable bonds is 9. The molecule has 110 valence electrons. The van der Waals surface area contributed by atoms with Gasteiger partial charge in [0.05, 0.1) is 19.6 Å². The Hall–Kier alpha value is -1.11. The van der Waals surface area contributed by atoms with E-state index in [0.717, 1.165) is 0 Å². The van der Waals surface area contributed by atoms with E-state index in [9.17, 15) is 14.4 Å². The number of hydrogen-bond acceptors (Lipinski definition) is 6. The molecule has 0 bridgehead atoms. The number of esters is 3. The third kappa shape index (κ3) is 8.58. The lowest BCUT2D eigenvalue weighted by atomic mass is 10.2. The Morgan fingerprint density at radius 2 is 1.58 bits per heavy atom. The van der Waals surface area contributed by atoms with Crippen LogP contribution in [0.5, 0.6) is 0 Å². The monoisotopic (exact) mass is 338 g/mol. The van der Waals surface area contributed by atoms with Crippen LogP contribution >= 0.6 is 15.9 Å². The average Bonchev–Trinajstić information content (AvgIpc) is 2.41. The van der Waals surface area contributed by atoms with Gasteiger partial charge < -0.3 is 14.2 Å². The molecule has 0 aliphatic carbocycles. The van der Waals surface area contributed by atoms with Gasteiger partial charge in [0, 0.05) is 0 Å². The molecule has 0 radical (unpaired) electrons. The summed E-state index contributed by atoms with van der Waals surface area (Å²) >= 11 is 2.91. The fourth-order valence-corrected chi connectivity index (χ4v) is 1.22. The summed E-state index contributed by atoms with van der Waals surface area (Å²) in [7, 11) is 0. The van der Waals surface area contributed by atoms with Crippen LogP contribution in [0, 0.1) is 0 Å². The van der Waals surface area contributed by atoms with Gasteiger partial charge in [0.2, 0.25) is 6.10 Å². The zero-order valence-corrected chi connectivity index (χ0v) is 12.7. The van der Waals surface area contributed by atoms with Gasteiger partial charge in [-0.25, -0.2) is 4.79 Å². The lowest BCUT2D eigenvalue weighted by molar-refractivity contribution is -0.170. The molecule has 0 aliphatic heterocycles. The minimum Gasteiger partial charge on any atom is -0.466 e. The van der Waals surface area contributed by atoms with Crippen LogP contribution in [0.25, 0.3) is 0 Å². The lowest BCUT2D eigenvalue weighted by Crippen LogP contribution is -2.32. The Bertz CT molecular complexity index is 305. The van der Waals surface area contributed by atoms with E-state index in [1.54, 1.807) is 0 Å². The van der Waals surface area contributed by atoms with Crippen molar-refractivity contribution < 1.29 is 28.6 Å². The second kappa shape index (κ2) is 10.8. The second-order valence-corrected chi connectivity index (χ2v) is 4.26. The summed E-state index contributed by atoms with van der Waals surface area (Å²) in [4.78, 5) is 34.2. The summed E-state index contributed by atoms with van der Waals surface area (Å²) in [5.74, 6) is -1.96. The molecule has 7 heteroatoms. The average molecular weight is 339 g/mol. The molecule has 0 heterocycles. The van der Waals surface area contributed by atoms with Crippen LogP contribution in [0.15, 0.2) is 0 Å². The number of carbonyl (C=O) groups excluding carboxylic acids is 3. The van der Waals surface area contributed by atoms with E-state index in [0.29, 0.717) is 12.8 Å². The smallest absolute Gasteiger partial charge is 0.348 e. The van der Waals surface area contributed by atoms with Crippen molar-refractivity contribution in [2.75, 3.05) is 18.5 Å². The van der Waals surface area contributed by atoms with Crippen molar-refractivity contribution in [2.45, 2.75) is 39.2 Å². The van der Waals surface area contributed by atoms with Crippen LogP contribution in [-0.2, 0) is 28.6 Å². The first-order valence-electron chi connectivity index (χ1n) is 6.12. The highest BCUT2D eigenvalue weighted by molar-refractivity contribution is 9.09. The minimum absolute atomic E-state index is 0.0609. The number of halogens is 1. The van der Waals surface area contributed by atoms with E-state index in [1.807, 2.05) is 13.8 Å². The van der Waals surface area contributed by atoms with Gasteiger partial charge in [-0.05, 0) is 12.8 Å². The molecular formula is C12H19BrO6. The maximum atomic E-state index is 11.6. The Morgan fingerprint density at radius 1 is 1.00 bits per heavy atom. The number of hydrogen-bond donors (Lipinski definition) is 0. The summed E-state index contributed by atoms with van der Waals surface area (Å²) in [6.45, 7) is 4.17. The standard InChI is InChI=1S/C12H19BrO6/c1-3-5-17-10(14)7-9(19-11(15)8-13)12(16)18-6-4-2/h9H,3-8H2,1-2H3/t9-/m1/s1. The summed E-state index contributed by atoms with van der Waals surface area (Å²) in [5.41, 5.74) is 0. The highest BCUT2D eigenvalue weighted by Crippen LogP contribution is 2.06. The van der Waals surface area contributed by atoms with Crippen LogP contribution in [0.3, 0.4) is 0 Å². The molecule has 1 atom stereocenters. The summed E-state index contributed by atoms with van der Waals surface area (Å²) in [6.07, 6.45) is -0.259. The van der Waals surface area contributed by atoms with Crippen molar-refractivity contribution in [1.82, 2.24) is 0 Å². The normalized spacial score (nSPS) is 11.5. The third-order valence-electron chi connectivity index (χ3n) is 1.91. The topological polar surface area (TPSA) is 78.9 Å². The Kier molecular flexibility index (Phi) is 10.1. The van der Waals surface area contributed by atoms with Crippen LogP contribution < -0.4 is 0 Å². The predicted molar refractivity (Wildman–Crippen MR) is 70.8 cm³/mol. The van der Waals surface area contributed by atoms with Crippen molar-refractivity contribution >= 4 is 33.8 Å². The van der Waals surface area contributed by atoms with Gasteiger partial charge in [-0.2, -0.15) is 0 Å². The minimum atomic E-state index is -1.25. The summed E-state index contributed by atoms with van der Waals surface area (Å²) in [6, 6.07) is 0. The number of alkyl halides is 1. The van der Waals surface area contributed by atoms with Gasteiger partial charge in [-0.3, -0.25) is 9.59 Å². The fraction of sp³-hybridized carbons (Fsp3) is 0.750. The van der Waals surface area contributed by atoms with Crippen LogP contribution in [0.1, 0.15) is 33.1 Å². The molecule has 0 aromatic rings. The van der Waals surface area contributed by atoms with Crippen molar-refractivity contribution in [1.29, 1.82) is 0 Å². The molecule has 0 amide bonds. The molecule has 0 spiro atoms. The molecule has 0 fully saturated rings. The number of carbonyl (C=O) groups is 3.